The molecule has 0 aliphatic heterocycles. The Labute approximate surface area is 89.5 Å². The Balaban J connectivity index is 2.62. The Kier molecular flexibility index (Phi) is 2.38. The van der Waals surface area contributed by atoms with Crippen LogP contribution in [0.1, 0.15) is 5.56 Å². The number of rotatable bonds is 1. The molecule has 0 fully saturated rings. The number of alkyl halides is 3. The molecule has 0 amide bonds. The molecule has 84 valence electrons. The van der Waals surface area contributed by atoms with E-state index in [1.165, 1.54) is 30.7 Å². The molecule has 0 saturated heterocycles. The molecule has 0 saturated carbocycles. The van der Waals surface area contributed by atoms with Crippen LogP contribution in [0, 0.1) is 0 Å². The second-order valence-electron chi connectivity index (χ2n) is 3.28. The molecule has 1 aromatic carbocycles. The van der Waals surface area contributed by atoms with Crippen LogP contribution in [-0.4, -0.2) is 0 Å². The summed E-state index contributed by atoms with van der Waals surface area (Å²) < 4.78 is 42.9. The maximum atomic E-state index is 12.7. The standard InChI is InChI=1S/C11H8F3NO/c12-11(13,14)9-4-2-1-3-7(9)8-5-16-6-10(8)15/h1-6H,15H2. The highest BCUT2D eigenvalue weighted by Gasteiger charge is 2.33. The topological polar surface area (TPSA) is 39.2 Å². The number of hydrogen-bond donors (Lipinski definition) is 1. The van der Waals surface area contributed by atoms with Gasteiger partial charge in [-0.2, -0.15) is 13.2 Å². The predicted molar refractivity (Wildman–Crippen MR) is 53.6 cm³/mol. The van der Waals surface area contributed by atoms with Crippen molar-refractivity contribution in [3.63, 3.8) is 0 Å². The van der Waals surface area contributed by atoms with Crippen molar-refractivity contribution in [2.45, 2.75) is 6.18 Å². The van der Waals surface area contributed by atoms with Gasteiger partial charge in [-0.1, -0.05) is 18.2 Å². The first-order valence-electron chi connectivity index (χ1n) is 4.48. The molecule has 0 atom stereocenters. The quantitative estimate of drug-likeness (QED) is 0.809. The van der Waals surface area contributed by atoms with Crippen molar-refractivity contribution in [1.82, 2.24) is 0 Å². The van der Waals surface area contributed by atoms with E-state index >= 15 is 0 Å². The summed E-state index contributed by atoms with van der Waals surface area (Å²) in [6, 6.07) is 5.24. The van der Waals surface area contributed by atoms with Crippen molar-refractivity contribution < 1.29 is 17.6 Å². The van der Waals surface area contributed by atoms with Gasteiger partial charge in [0.1, 0.15) is 12.5 Å². The van der Waals surface area contributed by atoms with Crippen LogP contribution in [0.3, 0.4) is 0 Å². The van der Waals surface area contributed by atoms with Crippen molar-refractivity contribution in [3.05, 3.63) is 42.4 Å². The second-order valence-corrected chi connectivity index (χ2v) is 3.28. The second kappa shape index (κ2) is 3.59. The van der Waals surface area contributed by atoms with Gasteiger partial charge >= 0.3 is 6.18 Å². The SMILES string of the molecule is Nc1cocc1-c1ccccc1C(F)(F)F. The first kappa shape index (κ1) is 10.6. The van der Waals surface area contributed by atoms with E-state index in [0.717, 1.165) is 6.07 Å². The average molecular weight is 227 g/mol. The molecule has 5 heteroatoms. The largest absolute Gasteiger partial charge is 0.470 e. The third-order valence-corrected chi connectivity index (χ3v) is 2.21. The fraction of sp³-hybridized carbons (Fsp3) is 0.0909. The Hall–Kier alpha value is -1.91. The fourth-order valence-corrected chi connectivity index (χ4v) is 1.49. The van der Waals surface area contributed by atoms with Gasteiger partial charge in [-0.3, -0.25) is 0 Å². The highest BCUT2D eigenvalue weighted by molar-refractivity contribution is 5.77. The van der Waals surface area contributed by atoms with Crippen molar-refractivity contribution in [2.24, 2.45) is 0 Å². The van der Waals surface area contributed by atoms with Crippen LogP contribution in [0.4, 0.5) is 18.9 Å². The Bertz CT molecular complexity index is 502. The number of furan rings is 1. The van der Waals surface area contributed by atoms with Crippen LogP contribution in [0.2, 0.25) is 0 Å². The van der Waals surface area contributed by atoms with Crippen LogP contribution >= 0.6 is 0 Å². The summed E-state index contributed by atoms with van der Waals surface area (Å²) in [7, 11) is 0. The summed E-state index contributed by atoms with van der Waals surface area (Å²) in [5.74, 6) is 0. The summed E-state index contributed by atoms with van der Waals surface area (Å²) in [6.45, 7) is 0. The number of nitrogen functional groups attached to an aromatic ring is 1. The zero-order valence-corrected chi connectivity index (χ0v) is 8.08. The number of benzene rings is 1. The van der Waals surface area contributed by atoms with Gasteiger partial charge in [0, 0.05) is 5.56 Å². The molecule has 0 unspecified atom stereocenters. The summed E-state index contributed by atoms with van der Waals surface area (Å²) in [5.41, 5.74) is 5.28. The van der Waals surface area contributed by atoms with E-state index in [4.69, 9.17) is 10.2 Å². The molecule has 0 radical (unpaired) electrons. The van der Waals surface area contributed by atoms with Gasteiger partial charge in [0.2, 0.25) is 0 Å². The van der Waals surface area contributed by atoms with Gasteiger partial charge in [0.25, 0.3) is 0 Å². The number of anilines is 1. The minimum atomic E-state index is -4.40. The van der Waals surface area contributed by atoms with Crippen molar-refractivity contribution in [2.75, 3.05) is 5.73 Å². The van der Waals surface area contributed by atoms with Crippen molar-refractivity contribution >= 4 is 5.69 Å². The lowest BCUT2D eigenvalue weighted by atomic mass is 10.0. The molecule has 16 heavy (non-hydrogen) atoms. The molecule has 0 bridgehead atoms. The minimum Gasteiger partial charge on any atom is -0.470 e. The third kappa shape index (κ3) is 1.76. The average Bonchev–Trinajstić information content (AvgIpc) is 2.63. The van der Waals surface area contributed by atoms with E-state index in [1.807, 2.05) is 0 Å². The zero-order chi connectivity index (χ0) is 11.8. The zero-order valence-electron chi connectivity index (χ0n) is 8.08. The normalized spacial score (nSPS) is 11.7. The Morgan fingerprint density at radius 2 is 1.69 bits per heavy atom. The smallest absolute Gasteiger partial charge is 0.417 e. The lowest BCUT2D eigenvalue weighted by Gasteiger charge is -2.11. The molecular formula is C11H8F3NO. The summed E-state index contributed by atoms with van der Waals surface area (Å²) in [4.78, 5) is 0. The molecule has 2 nitrogen and oxygen atoms in total. The molecule has 1 aromatic heterocycles. The first-order chi connectivity index (χ1) is 7.50. The molecule has 0 spiro atoms. The minimum absolute atomic E-state index is 0.0289. The van der Waals surface area contributed by atoms with E-state index in [2.05, 4.69) is 0 Å². The molecule has 2 rings (SSSR count). The lowest BCUT2D eigenvalue weighted by Crippen LogP contribution is -2.07. The molecule has 1 heterocycles. The van der Waals surface area contributed by atoms with Gasteiger partial charge in [0.05, 0.1) is 11.3 Å². The summed E-state index contributed by atoms with van der Waals surface area (Å²) in [6.07, 6.45) is -1.98. The van der Waals surface area contributed by atoms with Gasteiger partial charge < -0.3 is 10.2 Å². The van der Waals surface area contributed by atoms with Gasteiger partial charge in [-0.05, 0) is 11.6 Å². The number of halogens is 3. The Morgan fingerprint density at radius 1 is 1.00 bits per heavy atom. The maximum absolute atomic E-state index is 12.7. The van der Waals surface area contributed by atoms with E-state index in [1.54, 1.807) is 0 Å². The van der Waals surface area contributed by atoms with Gasteiger partial charge in [-0.25, -0.2) is 0 Å². The monoisotopic (exact) mass is 227 g/mol. The summed E-state index contributed by atoms with van der Waals surface area (Å²) in [5, 5.41) is 0. The highest BCUT2D eigenvalue weighted by atomic mass is 19.4. The fourth-order valence-electron chi connectivity index (χ4n) is 1.49. The number of nitrogens with two attached hydrogens (primary N) is 1. The Morgan fingerprint density at radius 3 is 2.25 bits per heavy atom. The van der Waals surface area contributed by atoms with Crippen LogP contribution in [0.25, 0.3) is 11.1 Å². The van der Waals surface area contributed by atoms with Crippen LogP contribution in [0.5, 0.6) is 0 Å². The third-order valence-electron chi connectivity index (χ3n) is 2.21. The predicted octanol–water partition coefficient (Wildman–Crippen LogP) is 3.55. The molecule has 0 aliphatic rings. The lowest BCUT2D eigenvalue weighted by molar-refractivity contribution is -0.137. The van der Waals surface area contributed by atoms with Crippen LogP contribution in [0.15, 0.2) is 41.2 Å². The maximum Gasteiger partial charge on any atom is 0.417 e. The molecule has 0 aliphatic carbocycles. The van der Waals surface area contributed by atoms with Crippen molar-refractivity contribution in [3.8, 4) is 11.1 Å². The van der Waals surface area contributed by atoms with Crippen molar-refractivity contribution in [1.29, 1.82) is 0 Å². The molecule has 2 aromatic rings. The highest BCUT2D eigenvalue weighted by Crippen LogP contribution is 2.38. The van der Waals surface area contributed by atoms with E-state index in [0.29, 0.717) is 0 Å². The van der Waals surface area contributed by atoms with Crippen LogP contribution in [-0.2, 0) is 6.18 Å². The van der Waals surface area contributed by atoms with Gasteiger partial charge in [-0.15, -0.1) is 0 Å². The van der Waals surface area contributed by atoms with Gasteiger partial charge in [0.15, 0.2) is 0 Å². The van der Waals surface area contributed by atoms with E-state index in [-0.39, 0.29) is 16.8 Å². The molecule has 2 N–H and O–H groups in total. The first-order valence-corrected chi connectivity index (χ1v) is 4.48. The van der Waals surface area contributed by atoms with E-state index < -0.39 is 11.7 Å². The number of hydrogen-bond acceptors (Lipinski definition) is 2. The van der Waals surface area contributed by atoms with E-state index in [9.17, 15) is 13.2 Å². The molecular weight excluding hydrogens is 219 g/mol. The summed E-state index contributed by atoms with van der Waals surface area (Å²) >= 11 is 0. The van der Waals surface area contributed by atoms with Crippen LogP contribution < -0.4 is 5.73 Å².